The first-order valence-electron chi connectivity index (χ1n) is 11.9. The van der Waals surface area contributed by atoms with Crippen LogP contribution in [-0.2, 0) is 16.1 Å². The number of hydrogen-bond acceptors (Lipinski definition) is 4. The average molecular weight is 499 g/mol. The summed E-state index contributed by atoms with van der Waals surface area (Å²) in [5.74, 6) is -2.97. The molecule has 2 atom stereocenters. The van der Waals surface area contributed by atoms with Crippen molar-refractivity contribution in [2.45, 2.75) is 38.5 Å². The van der Waals surface area contributed by atoms with Gasteiger partial charge in [-0.1, -0.05) is 29.8 Å². The van der Waals surface area contributed by atoms with Gasteiger partial charge in [0, 0.05) is 38.0 Å². The average Bonchev–Trinajstić information content (AvgIpc) is 3.35. The standard InChI is InChI=1S/C28H29F3N2O3/c1-19-4-2-5-20(14-19)16-33(17-24-6-3-13-35-24)18-27(36-23-11-12-25(30)26(31)15-23)28(34)32-22-9-7-21(29)8-10-22/h2,4-5,7-12,14-15,24,27H,3,6,13,16-18H2,1H3,(H,32,34)/t24-,27+/m0/s1. The summed E-state index contributed by atoms with van der Waals surface area (Å²) in [6.07, 6.45) is 0.855. The molecule has 4 rings (SSSR count). The van der Waals surface area contributed by atoms with Crippen LogP contribution >= 0.6 is 0 Å². The van der Waals surface area contributed by atoms with Crippen molar-refractivity contribution in [3.05, 3.63) is 95.3 Å². The second-order valence-corrected chi connectivity index (χ2v) is 9.00. The monoisotopic (exact) mass is 498 g/mol. The number of amides is 1. The van der Waals surface area contributed by atoms with E-state index < -0.39 is 29.5 Å². The minimum absolute atomic E-state index is 0.0267. The Morgan fingerprint density at radius 3 is 2.58 bits per heavy atom. The molecule has 0 saturated carbocycles. The molecule has 1 fully saturated rings. The number of nitrogens with zero attached hydrogens (tertiary/aromatic N) is 1. The van der Waals surface area contributed by atoms with Crippen LogP contribution in [0.1, 0.15) is 24.0 Å². The molecule has 8 heteroatoms. The molecule has 5 nitrogen and oxygen atoms in total. The number of ether oxygens (including phenoxy) is 2. The summed E-state index contributed by atoms with van der Waals surface area (Å²) >= 11 is 0. The number of aryl methyl sites for hydroxylation is 1. The van der Waals surface area contributed by atoms with Gasteiger partial charge in [-0.05, 0) is 61.7 Å². The minimum Gasteiger partial charge on any atom is -0.479 e. The Balaban J connectivity index is 1.57. The lowest BCUT2D eigenvalue weighted by Gasteiger charge is -2.29. The Hall–Kier alpha value is -3.36. The van der Waals surface area contributed by atoms with Crippen molar-refractivity contribution >= 4 is 11.6 Å². The third kappa shape index (κ3) is 7.32. The number of benzene rings is 3. The molecule has 1 amide bonds. The number of anilines is 1. The largest absolute Gasteiger partial charge is 0.479 e. The van der Waals surface area contributed by atoms with E-state index in [9.17, 15) is 18.0 Å². The van der Waals surface area contributed by atoms with Gasteiger partial charge in [-0.2, -0.15) is 0 Å². The number of rotatable bonds is 10. The molecule has 0 unspecified atom stereocenters. The van der Waals surface area contributed by atoms with Crippen LogP contribution in [0.3, 0.4) is 0 Å². The number of carbonyl (C=O) groups excluding carboxylic acids is 1. The first-order valence-corrected chi connectivity index (χ1v) is 11.9. The fraction of sp³-hybridized carbons (Fsp3) is 0.321. The van der Waals surface area contributed by atoms with Crippen molar-refractivity contribution in [2.24, 2.45) is 0 Å². The van der Waals surface area contributed by atoms with Crippen LogP contribution in [0.2, 0.25) is 0 Å². The molecule has 1 N–H and O–H groups in total. The van der Waals surface area contributed by atoms with Crippen LogP contribution in [0, 0.1) is 24.4 Å². The Labute approximate surface area is 208 Å². The lowest BCUT2D eigenvalue weighted by atomic mass is 10.1. The molecule has 0 aliphatic carbocycles. The van der Waals surface area contributed by atoms with Crippen LogP contribution in [0.25, 0.3) is 0 Å². The normalized spacial score (nSPS) is 16.2. The minimum atomic E-state index is -1.07. The molecule has 0 bridgehead atoms. The first kappa shape index (κ1) is 25.7. The van der Waals surface area contributed by atoms with Crippen LogP contribution in [-0.4, -0.2) is 42.7 Å². The fourth-order valence-corrected chi connectivity index (χ4v) is 4.23. The van der Waals surface area contributed by atoms with Crippen molar-refractivity contribution in [3.8, 4) is 5.75 Å². The quantitative estimate of drug-likeness (QED) is 0.402. The Kier molecular flexibility index (Phi) is 8.61. The van der Waals surface area contributed by atoms with Crippen LogP contribution < -0.4 is 10.1 Å². The predicted molar refractivity (Wildman–Crippen MR) is 131 cm³/mol. The Morgan fingerprint density at radius 1 is 1.08 bits per heavy atom. The van der Waals surface area contributed by atoms with Gasteiger partial charge in [0.1, 0.15) is 11.6 Å². The summed E-state index contributed by atoms with van der Waals surface area (Å²) in [4.78, 5) is 15.3. The Morgan fingerprint density at radius 2 is 1.89 bits per heavy atom. The molecule has 1 saturated heterocycles. The highest BCUT2D eigenvalue weighted by Crippen LogP contribution is 2.21. The van der Waals surface area contributed by atoms with Gasteiger partial charge in [0.2, 0.25) is 0 Å². The number of halogens is 3. The van der Waals surface area contributed by atoms with E-state index in [0.717, 1.165) is 36.1 Å². The van der Waals surface area contributed by atoms with Crippen molar-refractivity contribution in [1.29, 1.82) is 0 Å². The van der Waals surface area contributed by atoms with E-state index in [4.69, 9.17) is 9.47 Å². The van der Waals surface area contributed by atoms with Gasteiger partial charge in [0.25, 0.3) is 5.91 Å². The number of carbonyl (C=O) groups is 1. The maximum atomic E-state index is 13.9. The molecule has 1 heterocycles. The molecular formula is C28H29F3N2O3. The SMILES string of the molecule is Cc1cccc(CN(C[C@@H]2CCCO2)C[C@@H](Oc2ccc(F)c(F)c2)C(=O)Nc2ccc(F)cc2)c1. The molecule has 3 aromatic carbocycles. The van der Waals surface area contributed by atoms with E-state index in [0.29, 0.717) is 25.4 Å². The maximum Gasteiger partial charge on any atom is 0.266 e. The van der Waals surface area contributed by atoms with Crippen molar-refractivity contribution in [2.75, 3.05) is 25.0 Å². The third-order valence-electron chi connectivity index (χ3n) is 5.97. The van der Waals surface area contributed by atoms with Crippen molar-refractivity contribution in [1.82, 2.24) is 4.90 Å². The van der Waals surface area contributed by atoms with Crippen molar-refractivity contribution < 1.29 is 27.4 Å². The van der Waals surface area contributed by atoms with Gasteiger partial charge < -0.3 is 14.8 Å². The zero-order valence-corrected chi connectivity index (χ0v) is 20.1. The zero-order chi connectivity index (χ0) is 25.5. The van der Waals surface area contributed by atoms with E-state index in [-0.39, 0.29) is 18.4 Å². The van der Waals surface area contributed by atoms with Crippen LogP contribution in [0.4, 0.5) is 18.9 Å². The molecular weight excluding hydrogens is 469 g/mol. The molecule has 0 spiro atoms. The predicted octanol–water partition coefficient (Wildman–Crippen LogP) is 5.48. The Bertz CT molecular complexity index is 1170. The summed E-state index contributed by atoms with van der Waals surface area (Å²) in [5, 5.41) is 2.73. The third-order valence-corrected chi connectivity index (χ3v) is 5.97. The van der Waals surface area contributed by atoms with E-state index >= 15 is 0 Å². The summed E-state index contributed by atoms with van der Waals surface area (Å²) in [6, 6.07) is 16.6. The van der Waals surface area contributed by atoms with Crippen LogP contribution in [0.15, 0.2) is 66.7 Å². The highest BCUT2D eigenvalue weighted by Gasteiger charge is 2.27. The molecule has 0 radical (unpaired) electrons. The topological polar surface area (TPSA) is 50.8 Å². The lowest BCUT2D eigenvalue weighted by Crippen LogP contribution is -2.45. The second kappa shape index (κ2) is 12.1. The molecule has 1 aliphatic rings. The summed E-state index contributed by atoms with van der Waals surface area (Å²) in [7, 11) is 0. The highest BCUT2D eigenvalue weighted by molar-refractivity contribution is 5.94. The molecule has 190 valence electrons. The molecule has 36 heavy (non-hydrogen) atoms. The molecule has 1 aliphatic heterocycles. The number of hydrogen-bond donors (Lipinski definition) is 1. The van der Waals surface area contributed by atoms with Crippen LogP contribution in [0.5, 0.6) is 5.75 Å². The first-order chi connectivity index (χ1) is 17.4. The van der Waals surface area contributed by atoms with E-state index in [1.165, 1.54) is 30.3 Å². The van der Waals surface area contributed by atoms with E-state index in [2.05, 4.69) is 16.3 Å². The van der Waals surface area contributed by atoms with Gasteiger partial charge in [0.05, 0.1) is 6.10 Å². The van der Waals surface area contributed by atoms with Gasteiger partial charge in [-0.15, -0.1) is 0 Å². The van der Waals surface area contributed by atoms with Gasteiger partial charge in [-0.25, -0.2) is 13.2 Å². The van der Waals surface area contributed by atoms with Gasteiger partial charge in [0.15, 0.2) is 17.7 Å². The highest BCUT2D eigenvalue weighted by atomic mass is 19.2. The lowest BCUT2D eigenvalue weighted by molar-refractivity contribution is -0.123. The van der Waals surface area contributed by atoms with Gasteiger partial charge in [-0.3, -0.25) is 9.69 Å². The fourth-order valence-electron chi connectivity index (χ4n) is 4.23. The maximum absolute atomic E-state index is 13.9. The summed E-state index contributed by atoms with van der Waals surface area (Å²) < 4.78 is 52.4. The smallest absolute Gasteiger partial charge is 0.266 e. The summed E-state index contributed by atoms with van der Waals surface area (Å²) in [6.45, 7) is 4.00. The van der Waals surface area contributed by atoms with E-state index in [1.54, 1.807) is 0 Å². The number of nitrogens with one attached hydrogen (secondary N) is 1. The van der Waals surface area contributed by atoms with E-state index in [1.807, 2.05) is 25.1 Å². The van der Waals surface area contributed by atoms with Crippen molar-refractivity contribution in [3.63, 3.8) is 0 Å². The van der Waals surface area contributed by atoms with Gasteiger partial charge >= 0.3 is 0 Å². The zero-order valence-electron chi connectivity index (χ0n) is 20.1. The second-order valence-electron chi connectivity index (χ2n) is 9.00. The molecule has 3 aromatic rings. The summed E-state index contributed by atoms with van der Waals surface area (Å²) in [5.41, 5.74) is 2.58. The molecule has 0 aromatic heterocycles.